The van der Waals surface area contributed by atoms with Gasteiger partial charge in [-0.3, -0.25) is 0 Å². The van der Waals surface area contributed by atoms with Gasteiger partial charge in [-0.2, -0.15) is 12.7 Å². The molecule has 0 bridgehead atoms. The first-order valence-electron chi connectivity index (χ1n) is 10.6. The lowest BCUT2D eigenvalue weighted by Gasteiger charge is -2.26. The fraction of sp³-hybridized carbons (Fsp3) is 0.478. The Kier molecular flexibility index (Phi) is 7.34. The van der Waals surface area contributed by atoms with Gasteiger partial charge in [-0.15, -0.1) is 0 Å². The van der Waals surface area contributed by atoms with Crippen LogP contribution in [0.15, 0.2) is 53.4 Å². The Hall–Kier alpha value is -1.94. The molecule has 1 saturated heterocycles. The molecule has 0 radical (unpaired) electrons. The molecule has 7 nitrogen and oxygen atoms in total. The van der Waals surface area contributed by atoms with E-state index < -0.39 is 20.1 Å². The number of sulfonamides is 1. The minimum Gasteiger partial charge on any atom is -0.383 e. The fourth-order valence-electron chi connectivity index (χ4n) is 3.57. The summed E-state index contributed by atoms with van der Waals surface area (Å²) in [5.74, 6) is 0.183. The maximum atomic E-state index is 13.5. The summed E-state index contributed by atoms with van der Waals surface area (Å²) in [5.41, 5.74) is 1.71. The highest BCUT2D eigenvalue weighted by molar-refractivity contribution is 7.89. The van der Waals surface area contributed by atoms with Gasteiger partial charge in [0.2, 0.25) is 10.0 Å². The van der Waals surface area contributed by atoms with Crippen LogP contribution in [0.2, 0.25) is 0 Å². The van der Waals surface area contributed by atoms with Crippen LogP contribution in [0.3, 0.4) is 0 Å². The summed E-state index contributed by atoms with van der Waals surface area (Å²) in [6, 6.07) is 13.4. The lowest BCUT2D eigenvalue weighted by molar-refractivity contribution is 0.0926. The lowest BCUT2D eigenvalue weighted by atomic mass is 9.87. The smallest absolute Gasteiger partial charge is 0.306 e. The summed E-state index contributed by atoms with van der Waals surface area (Å²) < 4.78 is 61.6. The Balaban J connectivity index is 1.86. The average Bonchev–Trinajstić information content (AvgIpc) is 3.20. The predicted molar refractivity (Wildman–Crippen MR) is 124 cm³/mol. The second-order valence-corrected chi connectivity index (χ2v) is 12.7. The molecule has 0 N–H and O–H groups in total. The summed E-state index contributed by atoms with van der Waals surface area (Å²) in [7, 11) is -7.39. The van der Waals surface area contributed by atoms with E-state index >= 15 is 0 Å². The standard InChI is InChI=1S/C23H31NO6S2/c1-23(2,3)19-9-13-22(14-10-19)32(27,28)24(17-21-6-5-15-29-21)16-18-7-11-20(12-8-18)30-31(4,25)26/h7-14,21H,5-6,15-17H2,1-4H3. The van der Waals surface area contributed by atoms with Crippen molar-refractivity contribution < 1.29 is 25.8 Å². The van der Waals surface area contributed by atoms with Crippen molar-refractivity contribution in [2.45, 2.75) is 56.6 Å². The van der Waals surface area contributed by atoms with E-state index in [4.69, 9.17) is 8.92 Å². The molecule has 1 aliphatic rings. The van der Waals surface area contributed by atoms with E-state index in [0.717, 1.165) is 30.2 Å². The van der Waals surface area contributed by atoms with Crippen molar-refractivity contribution in [1.82, 2.24) is 4.31 Å². The largest absolute Gasteiger partial charge is 0.383 e. The molecule has 32 heavy (non-hydrogen) atoms. The highest BCUT2D eigenvalue weighted by Gasteiger charge is 2.29. The normalized spacial score (nSPS) is 17.6. The molecule has 1 fully saturated rings. The third kappa shape index (κ3) is 6.54. The summed E-state index contributed by atoms with van der Waals surface area (Å²) in [4.78, 5) is 0.237. The van der Waals surface area contributed by atoms with Gasteiger partial charge in [0.25, 0.3) is 0 Å². The average molecular weight is 482 g/mol. The Bertz CT molecular complexity index is 1110. The topological polar surface area (TPSA) is 90.0 Å². The Labute approximate surface area is 191 Å². The van der Waals surface area contributed by atoms with Crippen molar-refractivity contribution in [1.29, 1.82) is 0 Å². The van der Waals surface area contributed by atoms with E-state index in [1.165, 1.54) is 16.4 Å². The predicted octanol–water partition coefficient (Wildman–Crippen LogP) is 3.69. The summed E-state index contributed by atoms with van der Waals surface area (Å²) in [6.45, 7) is 7.27. The quantitative estimate of drug-likeness (QED) is 0.534. The van der Waals surface area contributed by atoms with Crippen LogP contribution in [0.5, 0.6) is 5.75 Å². The molecular weight excluding hydrogens is 450 g/mol. The minimum atomic E-state index is -3.76. The van der Waals surface area contributed by atoms with Gasteiger partial charge in [0.05, 0.1) is 17.3 Å². The third-order valence-electron chi connectivity index (χ3n) is 5.32. The van der Waals surface area contributed by atoms with E-state index in [-0.39, 0.29) is 35.3 Å². The Morgan fingerprint density at radius 1 is 1.00 bits per heavy atom. The first-order valence-corrected chi connectivity index (χ1v) is 13.8. The van der Waals surface area contributed by atoms with Crippen molar-refractivity contribution in [3.63, 3.8) is 0 Å². The SMILES string of the molecule is CC(C)(C)c1ccc(S(=O)(=O)N(Cc2ccc(OS(C)(=O)=O)cc2)CC2CCCO2)cc1. The molecule has 1 aliphatic heterocycles. The number of hydrogen-bond donors (Lipinski definition) is 0. The van der Waals surface area contributed by atoms with Crippen LogP contribution in [0.25, 0.3) is 0 Å². The van der Waals surface area contributed by atoms with Gasteiger partial charge >= 0.3 is 10.1 Å². The molecule has 1 atom stereocenters. The molecule has 2 aromatic rings. The van der Waals surface area contributed by atoms with Crippen molar-refractivity contribution in [2.75, 3.05) is 19.4 Å². The van der Waals surface area contributed by atoms with Crippen LogP contribution in [-0.2, 0) is 36.8 Å². The molecule has 0 amide bonds. The Morgan fingerprint density at radius 2 is 1.62 bits per heavy atom. The van der Waals surface area contributed by atoms with Gasteiger partial charge in [-0.05, 0) is 53.6 Å². The zero-order valence-electron chi connectivity index (χ0n) is 18.9. The molecule has 3 rings (SSSR count). The van der Waals surface area contributed by atoms with Crippen molar-refractivity contribution >= 4 is 20.1 Å². The molecule has 0 spiro atoms. The summed E-state index contributed by atoms with van der Waals surface area (Å²) in [5, 5.41) is 0. The first kappa shape index (κ1) is 24.7. The van der Waals surface area contributed by atoms with Crippen LogP contribution in [0.4, 0.5) is 0 Å². The highest BCUT2D eigenvalue weighted by Crippen LogP contribution is 2.27. The third-order valence-corrected chi connectivity index (χ3v) is 7.64. The van der Waals surface area contributed by atoms with Crippen molar-refractivity contribution in [3.8, 4) is 5.75 Å². The number of ether oxygens (including phenoxy) is 1. The molecule has 0 saturated carbocycles. The highest BCUT2D eigenvalue weighted by atomic mass is 32.2. The number of rotatable bonds is 8. The zero-order valence-corrected chi connectivity index (χ0v) is 20.6. The molecule has 1 unspecified atom stereocenters. The lowest BCUT2D eigenvalue weighted by Crippen LogP contribution is -2.37. The van der Waals surface area contributed by atoms with Gasteiger partial charge in [0.15, 0.2) is 0 Å². The van der Waals surface area contributed by atoms with Gasteiger partial charge in [0.1, 0.15) is 5.75 Å². The van der Waals surface area contributed by atoms with Crippen LogP contribution >= 0.6 is 0 Å². The van der Waals surface area contributed by atoms with Crippen molar-refractivity contribution in [2.24, 2.45) is 0 Å². The van der Waals surface area contributed by atoms with Crippen LogP contribution < -0.4 is 4.18 Å². The summed E-state index contributed by atoms with van der Waals surface area (Å²) >= 11 is 0. The first-order chi connectivity index (χ1) is 14.8. The van der Waals surface area contributed by atoms with Crippen LogP contribution in [0, 0.1) is 0 Å². The van der Waals surface area contributed by atoms with E-state index in [1.54, 1.807) is 24.3 Å². The van der Waals surface area contributed by atoms with E-state index in [1.807, 2.05) is 12.1 Å². The summed E-state index contributed by atoms with van der Waals surface area (Å²) in [6.07, 6.45) is 2.56. The Morgan fingerprint density at radius 3 is 2.12 bits per heavy atom. The fourth-order valence-corrected chi connectivity index (χ4v) is 5.49. The molecule has 0 aromatic heterocycles. The van der Waals surface area contributed by atoms with Crippen molar-refractivity contribution in [3.05, 3.63) is 59.7 Å². The van der Waals surface area contributed by atoms with Gasteiger partial charge < -0.3 is 8.92 Å². The second-order valence-electron chi connectivity index (χ2n) is 9.14. The molecular formula is C23H31NO6S2. The van der Waals surface area contributed by atoms with Gasteiger partial charge in [0, 0.05) is 19.7 Å². The monoisotopic (exact) mass is 481 g/mol. The van der Waals surface area contributed by atoms with Gasteiger partial charge in [-0.25, -0.2) is 8.42 Å². The number of benzene rings is 2. The molecule has 2 aromatic carbocycles. The van der Waals surface area contributed by atoms with E-state index in [9.17, 15) is 16.8 Å². The van der Waals surface area contributed by atoms with Gasteiger partial charge in [-0.1, -0.05) is 45.0 Å². The second kappa shape index (κ2) is 9.51. The maximum absolute atomic E-state index is 13.5. The van der Waals surface area contributed by atoms with Crippen LogP contribution in [0.1, 0.15) is 44.7 Å². The zero-order chi connectivity index (χ0) is 23.6. The number of hydrogen-bond acceptors (Lipinski definition) is 6. The molecule has 9 heteroatoms. The molecule has 0 aliphatic carbocycles. The molecule has 1 heterocycles. The van der Waals surface area contributed by atoms with E-state index in [2.05, 4.69) is 20.8 Å². The number of nitrogens with zero attached hydrogens (tertiary/aromatic N) is 1. The molecule has 176 valence electrons. The van der Waals surface area contributed by atoms with Crippen LogP contribution in [-0.4, -0.2) is 46.7 Å². The minimum absolute atomic E-state index is 0.0740. The van der Waals surface area contributed by atoms with E-state index in [0.29, 0.717) is 6.61 Å². The maximum Gasteiger partial charge on any atom is 0.306 e.